The summed E-state index contributed by atoms with van der Waals surface area (Å²) in [7, 11) is 0. The number of aromatic nitrogens is 5. The first-order chi connectivity index (χ1) is 14.3. The van der Waals surface area contributed by atoms with Crippen LogP contribution in [0.3, 0.4) is 0 Å². The van der Waals surface area contributed by atoms with Gasteiger partial charge in [0.1, 0.15) is 11.2 Å². The van der Waals surface area contributed by atoms with Crippen molar-refractivity contribution in [1.82, 2.24) is 15.0 Å². The van der Waals surface area contributed by atoms with Crippen LogP contribution >= 0.6 is 11.6 Å². The van der Waals surface area contributed by atoms with E-state index in [0.29, 0.717) is 37.6 Å². The molecule has 154 valence electrons. The van der Waals surface area contributed by atoms with Gasteiger partial charge in [-0.2, -0.15) is 4.73 Å². The first kappa shape index (κ1) is 19.6. The van der Waals surface area contributed by atoms with Gasteiger partial charge < -0.3 is 15.5 Å². The summed E-state index contributed by atoms with van der Waals surface area (Å²) in [6.45, 7) is 3.26. The van der Waals surface area contributed by atoms with Gasteiger partial charge in [0.15, 0.2) is 6.04 Å². The van der Waals surface area contributed by atoms with Crippen molar-refractivity contribution < 1.29 is 19.4 Å². The molecular formula is C19H17ClN6O4. The number of anilines is 2. The maximum absolute atomic E-state index is 12.9. The highest BCUT2D eigenvalue weighted by Crippen LogP contribution is 2.25. The second-order valence-electron chi connectivity index (χ2n) is 6.78. The average molecular weight is 429 g/mol. The van der Waals surface area contributed by atoms with Gasteiger partial charge in [0.05, 0.1) is 5.52 Å². The summed E-state index contributed by atoms with van der Waals surface area (Å²) in [5, 5.41) is 46.3. The predicted molar refractivity (Wildman–Crippen MR) is 109 cm³/mol. The first-order valence-corrected chi connectivity index (χ1v) is 9.49. The molecule has 10 nitrogen and oxygen atoms in total. The standard InChI is InChI=1S/C19H17ClN6O4/c1-3-14(19(27)28)24-16-9-12(5-6-13(16)22-23-24)21-18-10(2)25(29)17-8-11(20)4-7-15(17)26(18)30/h4-9,14,21H,3H2,1-2H3,(H,27,28). The molecule has 1 unspecified atom stereocenters. The van der Waals surface area contributed by atoms with Gasteiger partial charge in [-0.1, -0.05) is 23.7 Å². The number of halogens is 1. The van der Waals surface area contributed by atoms with E-state index in [-0.39, 0.29) is 22.5 Å². The Morgan fingerprint density at radius 2 is 2.00 bits per heavy atom. The summed E-state index contributed by atoms with van der Waals surface area (Å²) in [5.41, 5.74) is 1.96. The molecule has 0 aliphatic rings. The lowest BCUT2D eigenvalue weighted by Gasteiger charge is -2.15. The lowest BCUT2D eigenvalue weighted by atomic mass is 10.2. The lowest BCUT2D eigenvalue weighted by molar-refractivity contribution is -0.623. The lowest BCUT2D eigenvalue weighted by Crippen LogP contribution is -2.43. The molecule has 30 heavy (non-hydrogen) atoms. The largest absolute Gasteiger partial charge is 0.710 e. The normalized spacial score (nSPS) is 12.4. The monoisotopic (exact) mass is 428 g/mol. The third-order valence-corrected chi connectivity index (χ3v) is 5.16. The van der Waals surface area contributed by atoms with Gasteiger partial charge in [0, 0.05) is 24.1 Å². The number of rotatable bonds is 5. The summed E-state index contributed by atoms with van der Waals surface area (Å²) in [6.07, 6.45) is 0.328. The van der Waals surface area contributed by atoms with Gasteiger partial charge in [0.25, 0.3) is 11.2 Å². The Morgan fingerprint density at radius 3 is 2.70 bits per heavy atom. The van der Waals surface area contributed by atoms with E-state index in [2.05, 4.69) is 15.6 Å². The Balaban J connectivity index is 1.82. The quantitative estimate of drug-likeness (QED) is 0.368. The van der Waals surface area contributed by atoms with E-state index >= 15 is 0 Å². The Labute approximate surface area is 175 Å². The highest BCUT2D eigenvalue weighted by Gasteiger charge is 2.25. The molecule has 0 bridgehead atoms. The van der Waals surface area contributed by atoms with Crippen LogP contribution in [0.2, 0.25) is 5.02 Å². The zero-order chi connectivity index (χ0) is 21.6. The number of hydrogen-bond acceptors (Lipinski definition) is 6. The fourth-order valence-corrected chi connectivity index (χ4v) is 3.52. The van der Waals surface area contributed by atoms with Crippen LogP contribution in [0.5, 0.6) is 0 Å². The van der Waals surface area contributed by atoms with Crippen molar-refractivity contribution in [3.05, 3.63) is 57.5 Å². The fourth-order valence-electron chi connectivity index (χ4n) is 3.35. The van der Waals surface area contributed by atoms with Gasteiger partial charge in [-0.05, 0) is 30.7 Å². The molecule has 11 heteroatoms. The van der Waals surface area contributed by atoms with E-state index in [1.807, 2.05) is 0 Å². The number of benzene rings is 2. The molecule has 0 saturated carbocycles. The van der Waals surface area contributed by atoms with Gasteiger partial charge in [-0.25, -0.2) is 19.5 Å². The molecule has 0 aliphatic carbocycles. The highest BCUT2D eigenvalue weighted by atomic mass is 35.5. The number of hydrogen-bond donors (Lipinski definition) is 2. The van der Waals surface area contributed by atoms with Crippen LogP contribution in [0.25, 0.3) is 22.1 Å². The van der Waals surface area contributed by atoms with Crippen molar-refractivity contribution >= 4 is 51.1 Å². The third kappa shape index (κ3) is 3.11. The Bertz CT molecular complexity index is 1310. The molecule has 2 heterocycles. The van der Waals surface area contributed by atoms with Crippen molar-refractivity contribution in [2.24, 2.45) is 0 Å². The number of carbonyl (C=O) groups is 1. The van der Waals surface area contributed by atoms with Gasteiger partial charge >= 0.3 is 11.8 Å². The molecule has 4 aromatic rings. The van der Waals surface area contributed by atoms with Gasteiger partial charge in [0.2, 0.25) is 5.52 Å². The van der Waals surface area contributed by atoms with Crippen molar-refractivity contribution in [2.75, 3.05) is 5.32 Å². The minimum absolute atomic E-state index is 0.0449. The smallest absolute Gasteiger partial charge is 0.352 e. The fraction of sp³-hybridized carbons (Fsp3) is 0.211. The molecule has 1 atom stereocenters. The second-order valence-corrected chi connectivity index (χ2v) is 7.22. The molecule has 2 aromatic carbocycles. The molecule has 0 amide bonds. The van der Waals surface area contributed by atoms with Crippen LogP contribution < -0.4 is 14.8 Å². The zero-order valence-electron chi connectivity index (χ0n) is 16.0. The number of nitrogens with one attached hydrogen (secondary N) is 1. The topological polar surface area (TPSA) is 134 Å². The minimum Gasteiger partial charge on any atom is -0.710 e. The van der Waals surface area contributed by atoms with Crippen LogP contribution in [0.4, 0.5) is 11.5 Å². The van der Waals surface area contributed by atoms with E-state index in [9.17, 15) is 20.3 Å². The molecule has 2 aromatic heterocycles. The van der Waals surface area contributed by atoms with Crippen LogP contribution in [0, 0.1) is 17.3 Å². The predicted octanol–water partition coefficient (Wildman–Crippen LogP) is 2.59. The van der Waals surface area contributed by atoms with Crippen LogP contribution in [0.15, 0.2) is 36.4 Å². The van der Waals surface area contributed by atoms with Crippen LogP contribution in [-0.4, -0.2) is 26.1 Å². The second kappa shape index (κ2) is 7.30. The van der Waals surface area contributed by atoms with Crippen molar-refractivity contribution in [3.63, 3.8) is 0 Å². The number of carboxylic acids is 1. The number of nitrogens with zero attached hydrogens (tertiary/aromatic N) is 5. The first-order valence-electron chi connectivity index (χ1n) is 9.11. The van der Waals surface area contributed by atoms with Crippen molar-refractivity contribution in [3.8, 4) is 0 Å². The summed E-state index contributed by atoms with van der Waals surface area (Å²) < 4.78 is 2.60. The molecule has 0 spiro atoms. The SMILES string of the molecule is CCC(C(=O)O)n1nnc2ccc(Nc3c(C)[n+]([O-])c4cc(Cl)ccc4[n+]3[O-])cc21. The summed E-state index contributed by atoms with van der Waals surface area (Å²) in [5.74, 6) is -0.972. The Morgan fingerprint density at radius 1 is 1.23 bits per heavy atom. The van der Waals surface area contributed by atoms with E-state index in [1.165, 1.54) is 29.8 Å². The maximum Gasteiger partial charge on any atom is 0.352 e. The van der Waals surface area contributed by atoms with Gasteiger partial charge in [-0.15, -0.1) is 5.10 Å². The summed E-state index contributed by atoms with van der Waals surface area (Å²) >= 11 is 5.95. The molecule has 0 fully saturated rings. The molecule has 0 aliphatic heterocycles. The molecule has 0 saturated heterocycles. The molecular weight excluding hydrogens is 412 g/mol. The van der Waals surface area contributed by atoms with E-state index < -0.39 is 12.0 Å². The van der Waals surface area contributed by atoms with E-state index in [1.54, 1.807) is 25.1 Å². The Kier molecular flexibility index (Phi) is 4.78. The highest BCUT2D eigenvalue weighted by molar-refractivity contribution is 6.31. The van der Waals surface area contributed by atoms with Crippen LogP contribution in [0.1, 0.15) is 25.1 Å². The van der Waals surface area contributed by atoms with Gasteiger partial charge in [-0.3, -0.25) is 0 Å². The summed E-state index contributed by atoms with van der Waals surface area (Å²) in [4.78, 5) is 11.5. The molecule has 0 radical (unpaired) electrons. The molecule has 4 rings (SSSR count). The average Bonchev–Trinajstić information content (AvgIpc) is 3.13. The number of fused-ring (bicyclic) bond motifs is 2. The minimum atomic E-state index is -1.02. The third-order valence-electron chi connectivity index (χ3n) is 4.93. The maximum atomic E-state index is 12.9. The molecule has 2 N–H and O–H groups in total. The zero-order valence-corrected chi connectivity index (χ0v) is 16.8. The Hall–Kier alpha value is -3.66. The number of carboxylic acid groups (broad SMARTS) is 1. The van der Waals surface area contributed by atoms with E-state index in [4.69, 9.17) is 11.6 Å². The summed E-state index contributed by atoms with van der Waals surface area (Å²) in [6, 6.07) is 8.54. The van der Waals surface area contributed by atoms with Crippen molar-refractivity contribution in [2.45, 2.75) is 26.3 Å². The van der Waals surface area contributed by atoms with E-state index in [0.717, 1.165) is 0 Å². The van der Waals surface area contributed by atoms with Crippen LogP contribution in [-0.2, 0) is 4.79 Å². The number of aliphatic carboxylic acids is 1. The van der Waals surface area contributed by atoms with Crippen molar-refractivity contribution in [1.29, 1.82) is 0 Å².